The fraction of sp³-hybridized carbons (Fsp3) is 0.700. The normalized spacial score (nSPS) is 11.2. The summed E-state index contributed by atoms with van der Waals surface area (Å²) in [6, 6.07) is 0. The van der Waals surface area contributed by atoms with Crippen molar-refractivity contribution in [3.63, 3.8) is 0 Å². The molecular formula is C20H34N4. The molecule has 0 spiro atoms. The summed E-state index contributed by atoms with van der Waals surface area (Å²) in [5.41, 5.74) is 0. The third-order valence-corrected chi connectivity index (χ3v) is 4.89. The van der Waals surface area contributed by atoms with E-state index in [1.54, 1.807) is 0 Å². The highest BCUT2D eigenvalue weighted by Gasteiger charge is 2.00. The van der Waals surface area contributed by atoms with E-state index in [0.717, 1.165) is 12.8 Å². The Labute approximate surface area is 147 Å². The molecule has 0 N–H and O–H groups in total. The van der Waals surface area contributed by atoms with Gasteiger partial charge in [0.25, 0.3) is 0 Å². The first kappa shape index (κ1) is 18.8. The molecule has 0 saturated heterocycles. The van der Waals surface area contributed by atoms with Crippen molar-refractivity contribution in [3.8, 4) is 0 Å². The quantitative estimate of drug-likeness (QED) is 0.493. The van der Waals surface area contributed by atoms with Gasteiger partial charge < -0.3 is 9.13 Å². The van der Waals surface area contributed by atoms with E-state index in [9.17, 15) is 0 Å². The predicted octanol–water partition coefficient (Wildman–Crippen LogP) is 4.84. The van der Waals surface area contributed by atoms with Crippen molar-refractivity contribution in [1.29, 1.82) is 0 Å². The summed E-state index contributed by atoms with van der Waals surface area (Å²) >= 11 is 0. The molecule has 0 aliphatic carbocycles. The van der Waals surface area contributed by atoms with Gasteiger partial charge in [-0.3, -0.25) is 0 Å². The van der Waals surface area contributed by atoms with Gasteiger partial charge in [-0.05, 0) is 12.8 Å². The van der Waals surface area contributed by atoms with Crippen molar-refractivity contribution < 1.29 is 0 Å². The Hall–Kier alpha value is -1.58. The molecule has 0 aliphatic rings. The Morgan fingerprint density at radius 3 is 1.21 bits per heavy atom. The van der Waals surface area contributed by atoms with Crippen molar-refractivity contribution in [2.75, 3.05) is 0 Å². The molecule has 0 unspecified atom stereocenters. The SMILES string of the molecule is Cn1ccnc1CCCCCCCCCCCCc1nccn1C. The molecule has 134 valence electrons. The van der Waals surface area contributed by atoms with Crippen LogP contribution in [0, 0.1) is 0 Å². The Morgan fingerprint density at radius 2 is 0.917 bits per heavy atom. The fourth-order valence-corrected chi connectivity index (χ4v) is 3.26. The van der Waals surface area contributed by atoms with Gasteiger partial charge in [0.15, 0.2) is 0 Å². The molecule has 0 amide bonds. The van der Waals surface area contributed by atoms with E-state index in [1.165, 1.54) is 75.9 Å². The van der Waals surface area contributed by atoms with Gasteiger partial charge in [-0.25, -0.2) is 9.97 Å². The van der Waals surface area contributed by atoms with Crippen LogP contribution in [0.15, 0.2) is 24.8 Å². The monoisotopic (exact) mass is 330 g/mol. The first-order valence-electron chi connectivity index (χ1n) is 9.70. The summed E-state index contributed by atoms with van der Waals surface area (Å²) < 4.78 is 4.27. The van der Waals surface area contributed by atoms with E-state index in [4.69, 9.17) is 0 Å². The minimum Gasteiger partial charge on any atom is -0.338 e. The van der Waals surface area contributed by atoms with Crippen LogP contribution in [-0.2, 0) is 26.9 Å². The van der Waals surface area contributed by atoms with Crippen molar-refractivity contribution in [1.82, 2.24) is 19.1 Å². The summed E-state index contributed by atoms with van der Waals surface area (Å²) in [5, 5.41) is 0. The molecule has 4 heteroatoms. The molecular weight excluding hydrogens is 296 g/mol. The van der Waals surface area contributed by atoms with Gasteiger partial charge in [-0.2, -0.15) is 0 Å². The lowest BCUT2D eigenvalue weighted by Crippen LogP contribution is -1.97. The number of unbranched alkanes of at least 4 members (excludes halogenated alkanes) is 9. The van der Waals surface area contributed by atoms with Crippen molar-refractivity contribution in [2.24, 2.45) is 14.1 Å². The van der Waals surface area contributed by atoms with Crippen molar-refractivity contribution in [2.45, 2.75) is 77.0 Å². The minimum atomic E-state index is 1.12. The Balaban J connectivity index is 1.33. The largest absolute Gasteiger partial charge is 0.338 e. The van der Waals surface area contributed by atoms with Gasteiger partial charge in [0.1, 0.15) is 11.6 Å². The molecule has 0 atom stereocenters. The molecule has 0 radical (unpaired) electrons. The average molecular weight is 331 g/mol. The zero-order valence-corrected chi connectivity index (χ0v) is 15.6. The summed E-state index contributed by atoms with van der Waals surface area (Å²) in [6.07, 6.45) is 23.7. The van der Waals surface area contributed by atoms with Gasteiger partial charge in [-0.15, -0.1) is 0 Å². The van der Waals surface area contributed by atoms with Crippen LogP contribution in [0.4, 0.5) is 0 Å². The number of aromatic nitrogens is 4. The summed E-state index contributed by atoms with van der Waals surface area (Å²) in [7, 11) is 4.16. The summed E-state index contributed by atoms with van der Waals surface area (Å²) in [5.74, 6) is 2.45. The standard InChI is InChI=1S/C20H34N4/c1-23-17-15-21-19(23)13-11-9-7-5-3-4-6-8-10-12-14-20-22-16-18-24(20)2/h15-18H,3-14H2,1-2H3. The van der Waals surface area contributed by atoms with E-state index in [0.29, 0.717) is 0 Å². The van der Waals surface area contributed by atoms with E-state index < -0.39 is 0 Å². The van der Waals surface area contributed by atoms with E-state index in [1.807, 2.05) is 24.8 Å². The van der Waals surface area contributed by atoms with Gasteiger partial charge in [0.05, 0.1) is 0 Å². The smallest absolute Gasteiger partial charge is 0.108 e. The second-order valence-corrected chi connectivity index (χ2v) is 6.94. The molecule has 0 aliphatic heterocycles. The fourth-order valence-electron chi connectivity index (χ4n) is 3.26. The lowest BCUT2D eigenvalue weighted by atomic mass is 10.0. The highest BCUT2D eigenvalue weighted by molar-refractivity contribution is 4.91. The van der Waals surface area contributed by atoms with Gasteiger partial charge in [0.2, 0.25) is 0 Å². The molecule has 2 rings (SSSR count). The molecule has 2 heterocycles. The van der Waals surface area contributed by atoms with Crippen molar-refractivity contribution in [3.05, 3.63) is 36.4 Å². The van der Waals surface area contributed by atoms with Crippen LogP contribution in [0.1, 0.15) is 75.9 Å². The van der Waals surface area contributed by atoms with E-state index in [2.05, 4.69) is 33.2 Å². The van der Waals surface area contributed by atoms with Crippen LogP contribution >= 0.6 is 0 Å². The van der Waals surface area contributed by atoms with Gasteiger partial charge in [-0.1, -0.05) is 51.4 Å². The van der Waals surface area contributed by atoms with Crippen LogP contribution in [0.3, 0.4) is 0 Å². The number of rotatable bonds is 13. The van der Waals surface area contributed by atoms with E-state index in [-0.39, 0.29) is 0 Å². The molecule has 0 saturated carbocycles. The molecule has 0 aromatic carbocycles. The zero-order chi connectivity index (χ0) is 17.0. The van der Waals surface area contributed by atoms with Gasteiger partial charge in [0, 0.05) is 51.7 Å². The molecule has 2 aromatic rings. The number of imidazole rings is 2. The number of nitrogens with zero attached hydrogens (tertiary/aromatic N) is 4. The molecule has 0 fully saturated rings. The molecule has 4 nitrogen and oxygen atoms in total. The maximum atomic E-state index is 4.38. The summed E-state index contributed by atoms with van der Waals surface area (Å²) in [6.45, 7) is 0. The Kier molecular flexibility index (Phi) is 8.64. The average Bonchev–Trinajstić information content (AvgIpc) is 3.17. The number of hydrogen-bond donors (Lipinski definition) is 0. The number of aryl methyl sites for hydroxylation is 4. The maximum absolute atomic E-state index is 4.38. The predicted molar refractivity (Wildman–Crippen MR) is 100.0 cm³/mol. The lowest BCUT2D eigenvalue weighted by Gasteiger charge is -2.04. The van der Waals surface area contributed by atoms with Crippen molar-refractivity contribution >= 4 is 0 Å². The second-order valence-electron chi connectivity index (χ2n) is 6.94. The van der Waals surface area contributed by atoms with Crippen LogP contribution in [0.25, 0.3) is 0 Å². The topological polar surface area (TPSA) is 35.6 Å². The molecule has 0 bridgehead atoms. The highest BCUT2D eigenvalue weighted by Crippen LogP contribution is 2.12. The first-order valence-corrected chi connectivity index (χ1v) is 9.70. The third-order valence-electron chi connectivity index (χ3n) is 4.89. The van der Waals surface area contributed by atoms with Crippen LogP contribution in [0.5, 0.6) is 0 Å². The zero-order valence-electron chi connectivity index (χ0n) is 15.6. The Morgan fingerprint density at radius 1 is 0.583 bits per heavy atom. The van der Waals surface area contributed by atoms with Crippen LogP contribution in [-0.4, -0.2) is 19.1 Å². The molecule has 24 heavy (non-hydrogen) atoms. The maximum Gasteiger partial charge on any atom is 0.108 e. The van der Waals surface area contributed by atoms with Gasteiger partial charge >= 0.3 is 0 Å². The minimum absolute atomic E-state index is 1.12. The van der Waals surface area contributed by atoms with Crippen LogP contribution in [0.2, 0.25) is 0 Å². The lowest BCUT2D eigenvalue weighted by molar-refractivity contribution is 0.545. The molecule has 2 aromatic heterocycles. The highest BCUT2D eigenvalue weighted by atomic mass is 15.0. The first-order chi connectivity index (χ1) is 11.8. The second kappa shape index (κ2) is 11.1. The number of hydrogen-bond acceptors (Lipinski definition) is 2. The Bertz CT molecular complexity index is 505. The third kappa shape index (κ3) is 6.90. The summed E-state index contributed by atoms with van der Waals surface area (Å²) in [4.78, 5) is 8.75. The van der Waals surface area contributed by atoms with Crippen LogP contribution < -0.4 is 0 Å². The van der Waals surface area contributed by atoms with E-state index >= 15 is 0 Å².